The average Bonchev–Trinajstić information content (AvgIpc) is 2.97. The smallest absolute Gasteiger partial charge is 0.242 e. The first-order valence-corrected chi connectivity index (χ1v) is 9.98. The molecule has 1 N–H and O–H groups in total. The number of carbonyl (C=O) groups excluding carboxylic acids is 2. The zero-order valence-electron chi connectivity index (χ0n) is 15.3. The molecule has 1 aliphatic heterocycles. The van der Waals surface area contributed by atoms with Gasteiger partial charge in [-0.1, -0.05) is 41.6 Å². The van der Waals surface area contributed by atoms with E-state index in [1.165, 1.54) is 11.8 Å². The van der Waals surface area contributed by atoms with Crippen molar-refractivity contribution in [3.05, 3.63) is 59.6 Å². The Bertz CT molecular complexity index is 859. The summed E-state index contributed by atoms with van der Waals surface area (Å²) in [6.07, 6.45) is 0.0589. The molecule has 1 heterocycles. The van der Waals surface area contributed by atoms with Crippen LogP contribution in [0.5, 0.6) is 0 Å². The molecular formula is C20H20ClN3O3S. The molecular weight excluding hydrogens is 398 g/mol. The Morgan fingerprint density at radius 1 is 1.21 bits per heavy atom. The Balaban J connectivity index is 1.70. The Hall–Kier alpha value is -2.35. The molecule has 2 amide bonds. The standard InChI is InChI=1S/C20H20ClN3O3S/c1-27-12-11-24-19(26)17(28-20(24)23-15-5-3-2-4-6-15)13-18(25)22-16-9-7-14(21)8-10-16/h2-10,17H,11-13H2,1H3,(H,22,25)/t17-/m1/s1. The molecule has 2 aromatic carbocycles. The van der Waals surface area contributed by atoms with Crippen LogP contribution in [-0.4, -0.2) is 47.4 Å². The fourth-order valence-corrected chi connectivity index (χ4v) is 3.95. The summed E-state index contributed by atoms with van der Waals surface area (Å²) in [5, 5.41) is 3.44. The summed E-state index contributed by atoms with van der Waals surface area (Å²) in [7, 11) is 1.58. The van der Waals surface area contributed by atoms with E-state index in [1.807, 2.05) is 30.3 Å². The molecule has 1 fully saturated rings. The molecule has 0 bridgehead atoms. The Labute approximate surface area is 172 Å². The summed E-state index contributed by atoms with van der Waals surface area (Å²) in [5.74, 6) is -0.371. The molecule has 3 rings (SSSR count). The molecule has 0 saturated carbocycles. The van der Waals surface area contributed by atoms with Crippen LogP contribution in [0.15, 0.2) is 59.6 Å². The van der Waals surface area contributed by atoms with Gasteiger partial charge in [0.1, 0.15) is 5.25 Å². The lowest BCUT2D eigenvalue weighted by atomic mass is 10.2. The number of para-hydroxylation sites is 1. The Kier molecular flexibility index (Phi) is 7.08. The van der Waals surface area contributed by atoms with Crippen molar-refractivity contribution in [3.63, 3.8) is 0 Å². The number of hydrogen-bond acceptors (Lipinski definition) is 5. The van der Waals surface area contributed by atoms with E-state index in [0.717, 1.165) is 5.69 Å². The number of amidine groups is 1. The number of rotatable bonds is 7. The van der Waals surface area contributed by atoms with E-state index < -0.39 is 5.25 Å². The molecule has 8 heteroatoms. The van der Waals surface area contributed by atoms with Gasteiger partial charge in [0.05, 0.1) is 18.8 Å². The van der Waals surface area contributed by atoms with Crippen LogP contribution in [-0.2, 0) is 14.3 Å². The third kappa shape index (κ3) is 5.34. The van der Waals surface area contributed by atoms with E-state index >= 15 is 0 Å². The summed E-state index contributed by atoms with van der Waals surface area (Å²) in [6, 6.07) is 16.2. The lowest BCUT2D eigenvalue weighted by Crippen LogP contribution is -2.35. The molecule has 28 heavy (non-hydrogen) atoms. The van der Waals surface area contributed by atoms with Gasteiger partial charge in [-0.05, 0) is 36.4 Å². The highest BCUT2D eigenvalue weighted by molar-refractivity contribution is 8.15. The maximum Gasteiger partial charge on any atom is 0.242 e. The minimum Gasteiger partial charge on any atom is -0.383 e. The third-order valence-corrected chi connectivity index (χ3v) is 5.45. The Morgan fingerprint density at radius 2 is 1.93 bits per heavy atom. The van der Waals surface area contributed by atoms with Crippen LogP contribution in [0.25, 0.3) is 0 Å². The molecule has 1 saturated heterocycles. The monoisotopic (exact) mass is 417 g/mol. The fourth-order valence-electron chi connectivity index (χ4n) is 2.64. The minimum absolute atomic E-state index is 0.0589. The highest BCUT2D eigenvalue weighted by Gasteiger charge is 2.38. The van der Waals surface area contributed by atoms with Crippen molar-refractivity contribution in [2.75, 3.05) is 25.6 Å². The van der Waals surface area contributed by atoms with Gasteiger partial charge >= 0.3 is 0 Å². The number of methoxy groups -OCH3 is 1. The number of benzene rings is 2. The molecule has 0 unspecified atom stereocenters. The number of thioether (sulfide) groups is 1. The number of ether oxygens (including phenoxy) is 1. The molecule has 1 aliphatic rings. The number of nitrogens with one attached hydrogen (secondary N) is 1. The van der Waals surface area contributed by atoms with E-state index in [2.05, 4.69) is 10.3 Å². The first-order valence-electron chi connectivity index (χ1n) is 8.73. The molecule has 0 aromatic heterocycles. The zero-order chi connectivity index (χ0) is 19.9. The second-order valence-electron chi connectivity index (χ2n) is 6.08. The van der Waals surface area contributed by atoms with Gasteiger partial charge in [0, 0.05) is 24.2 Å². The second kappa shape index (κ2) is 9.73. The van der Waals surface area contributed by atoms with Gasteiger partial charge in [0.25, 0.3) is 0 Å². The van der Waals surface area contributed by atoms with Crippen molar-refractivity contribution in [3.8, 4) is 0 Å². The first kappa shape index (κ1) is 20.4. The number of anilines is 1. The maximum atomic E-state index is 12.8. The molecule has 0 radical (unpaired) electrons. The highest BCUT2D eigenvalue weighted by Crippen LogP contribution is 2.31. The SMILES string of the molecule is COCCN1C(=O)[C@@H](CC(=O)Nc2ccc(Cl)cc2)SC1=Nc1ccccc1. The summed E-state index contributed by atoms with van der Waals surface area (Å²) in [6.45, 7) is 0.785. The van der Waals surface area contributed by atoms with Gasteiger partial charge < -0.3 is 10.1 Å². The first-order chi connectivity index (χ1) is 13.6. The van der Waals surface area contributed by atoms with Crippen molar-refractivity contribution in [1.82, 2.24) is 4.90 Å². The number of carbonyl (C=O) groups is 2. The van der Waals surface area contributed by atoms with Crippen LogP contribution >= 0.6 is 23.4 Å². The number of amides is 2. The van der Waals surface area contributed by atoms with Gasteiger partial charge in [-0.15, -0.1) is 0 Å². The van der Waals surface area contributed by atoms with Gasteiger partial charge in [0.2, 0.25) is 11.8 Å². The number of nitrogens with zero attached hydrogens (tertiary/aromatic N) is 2. The van der Waals surface area contributed by atoms with Gasteiger partial charge in [-0.25, -0.2) is 4.99 Å². The maximum absolute atomic E-state index is 12.8. The largest absolute Gasteiger partial charge is 0.383 e. The molecule has 6 nitrogen and oxygen atoms in total. The van der Waals surface area contributed by atoms with Crippen LogP contribution in [0.4, 0.5) is 11.4 Å². The van der Waals surface area contributed by atoms with Crippen LogP contribution in [0.3, 0.4) is 0 Å². The minimum atomic E-state index is -0.522. The van der Waals surface area contributed by atoms with E-state index in [1.54, 1.807) is 36.3 Å². The average molecular weight is 418 g/mol. The summed E-state index contributed by atoms with van der Waals surface area (Å²) in [5.41, 5.74) is 1.39. The lowest BCUT2D eigenvalue weighted by molar-refractivity contribution is -0.128. The summed E-state index contributed by atoms with van der Waals surface area (Å²) >= 11 is 7.16. The van der Waals surface area contributed by atoms with Gasteiger partial charge in [-0.2, -0.15) is 0 Å². The normalized spacial score (nSPS) is 17.9. The van der Waals surface area contributed by atoms with Crippen LogP contribution in [0.1, 0.15) is 6.42 Å². The quantitative estimate of drug-likeness (QED) is 0.740. The van der Waals surface area contributed by atoms with Gasteiger partial charge in [-0.3, -0.25) is 14.5 Å². The topological polar surface area (TPSA) is 71.0 Å². The number of aliphatic imine (C=N–C) groups is 1. The summed E-state index contributed by atoms with van der Waals surface area (Å²) < 4.78 is 5.11. The molecule has 146 valence electrons. The highest BCUT2D eigenvalue weighted by atomic mass is 35.5. The molecule has 1 atom stereocenters. The third-order valence-electron chi connectivity index (χ3n) is 4.02. The van der Waals surface area contributed by atoms with E-state index in [-0.39, 0.29) is 18.2 Å². The van der Waals surface area contributed by atoms with Crippen molar-refractivity contribution >= 4 is 51.7 Å². The number of hydrogen-bond donors (Lipinski definition) is 1. The number of halogens is 1. The van der Waals surface area contributed by atoms with Crippen molar-refractivity contribution in [2.45, 2.75) is 11.7 Å². The van der Waals surface area contributed by atoms with E-state index in [4.69, 9.17) is 16.3 Å². The van der Waals surface area contributed by atoms with Gasteiger partial charge in [0.15, 0.2) is 5.17 Å². The summed E-state index contributed by atoms with van der Waals surface area (Å²) in [4.78, 5) is 31.4. The van der Waals surface area contributed by atoms with Crippen LogP contribution < -0.4 is 5.32 Å². The predicted molar refractivity (Wildman–Crippen MR) is 113 cm³/mol. The molecule has 0 aliphatic carbocycles. The predicted octanol–water partition coefficient (Wildman–Crippen LogP) is 3.95. The van der Waals surface area contributed by atoms with Crippen molar-refractivity contribution in [2.24, 2.45) is 4.99 Å². The molecule has 0 spiro atoms. The van der Waals surface area contributed by atoms with Crippen LogP contribution in [0, 0.1) is 0 Å². The van der Waals surface area contributed by atoms with Crippen molar-refractivity contribution < 1.29 is 14.3 Å². The van der Waals surface area contributed by atoms with Crippen LogP contribution in [0.2, 0.25) is 5.02 Å². The zero-order valence-corrected chi connectivity index (χ0v) is 16.9. The van der Waals surface area contributed by atoms with Crippen molar-refractivity contribution in [1.29, 1.82) is 0 Å². The Morgan fingerprint density at radius 3 is 2.61 bits per heavy atom. The van der Waals surface area contributed by atoms with E-state index in [0.29, 0.717) is 29.0 Å². The molecule has 2 aromatic rings. The fraction of sp³-hybridized carbons (Fsp3) is 0.250. The lowest BCUT2D eigenvalue weighted by Gasteiger charge is -2.15. The second-order valence-corrected chi connectivity index (χ2v) is 7.68. The van der Waals surface area contributed by atoms with E-state index in [9.17, 15) is 9.59 Å².